The summed E-state index contributed by atoms with van der Waals surface area (Å²) in [5, 5.41) is 0. The summed E-state index contributed by atoms with van der Waals surface area (Å²) >= 11 is 0. The summed E-state index contributed by atoms with van der Waals surface area (Å²) in [4.78, 5) is 11.9. The number of methoxy groups -OCH3 is 2. The Morgan fingerprint density at radius 1 is 1.39 bits per heavy atom. The van der Waals surface area contributed by atoms with Crippen molar-refractivity contribution >= 4 is 5.78 Å². The molecular formula is C15H18O3. The van der Waals surface area contributed by atoms with Crippen LogP contribution in [0.15, 0.2) is 35.6 Å². The number of carbonyl (C=O) groups is 1. The minimum absolute atomic E-state index is 0.0255. The molecule has 0 aromatic heterocycles. The molecule has 0 radical (unpaired) electrons. The largest absolute Gasteiger partial charge is 0.500 e. The molecule has 3 heteroatoms. The molecule has 3 nitrogen and oxygen atoms in total. The summed E-state index contributed by atoms with van der Waals surface area (Å²) in [6.45, 7) is 1.62. The van der Waals surface area contributed by atoms with Gasteiger partial charge < -0.3 is 9.47 Å². The molecule has 1 fully saturated rings. The van der Waals surface area contributed by atoms with Gasteiger partial charge in [-0.05, 0) is 19.3 Å². The van der Waals surface area contributed by atoms with Gasteiger partial charge in [-0.3, -0.25) is 4.79 Å². The van der Waals surface area contributed by atoms with Gasteiger partial charge in [0.05, 0.1) is 18.6 Å². The average Bonchev–Trinajstić information content (AvgIpc) is 2.82. The fourth-order valence-corrected chi connectivity index (χ4v) is 4.12. The highest BCUT2D eigenvalue weighted by Gasteiger charge is 2.64. The third-order valence-electron chi connectivity index (χ3n) is 4.63. The molecule has 4 unspecified atom stereocenters. The Morgan fingerprint density at radius 2 is 2.17 bits per heavy atom. The van der Waals surface area contributed by atoms with Gasteiger partial charge in [-0.1, -0.05) is 24.3 Å². The first kappa shape index (κ1) is 11.7. The lowest BCUT2D eigenvalue weighted by Crippen LogP contribution is -2.36. The molecule has 0 saturated heterocycles. The SMILES string of the molecule is COC1=C(C(C)=O)C2CC3C=CC=CC13C2OC. The summed E-state index contributed by atoms with van der Waals surface area (Å²) in [5.74, 6) is 1.48. The van der Waals surface area contributed by atoms with E-state index in [2.05, 4.69) is 18.2 Å². The molecule has 0 aromatic rings. The van der Waals surface area contributed by atoms with Crippen LogP contribution in [0.3, 0.4) is 0 Å². The van der Waals surface area contributed by atoms with E-state index in [0.717, 1.165) is 17.8 Å². The predicted molar refractivity (Wildman–Crippen MR) is 67.8 cm³/mol. The van der Waals surface area contributed by atoms with Crippen molar-refractivity contribution in [1.82, 2.24) is 0 Å². The van der Waals surface area contributed by atoms with Crippen LogP contribution in [-0.4, -0.2) is 26.1 Å². The molecule has 1 spiro atoms. The molecule has 3 aliphatic carbocycles. The molecule has 1 saturated carbocycles. The van der Waals surface area contributed by atoms with Gasteiger partial charge in [0.2, 0.25) is 0 Å². The number of allylic oxidation sites excluding steroid dienone is 3. The van der Waals surface area contributed by atoms with Crippen LogP contribution < -0.4 is 0 Å². The fraction of sp³-hybridized carbons (Fsp3) is 0.533. The summed E-state index contributed by atoms with van der Waals surface area (Å²) in [7, 11) is 3.38. The second-order valence-electron chi connectivity index (χ2n) is 5.29. The second-order valence-corrected chi connectivity index (χ2v) is 5.29. The highest BCUT2D eigenvalue weighted by atomic mass is 16.5. The lowest BCUT2D eigenvalue weighted by Gasteiger charge is -2.36. The maximum atomic E-state index is 11.9. The molecule has 96 valence electrons. The van der Waals surface area contributed by atoms with Gasteiger partial charge >= 0.3 is 0 Å². The van der Waals surface area contributed by atoms with E-state index in [1.807, 2.05) is 6.08 Å². The molecular weight excluding hydrogens is 228 g/mol. The molecule has 18 heavy (non-hydrogen) atoms. The number of fused-ring (bicyclic) bond motifs is 1. The molecule has 2 bridgehead atoms. The van der Waals surface area contributed by atoms with E-state index in [0.29, 0.717) is 5.92 Å². The Hall–Kier alpha value is -1.35. The predicted octanol–water partition coefficient (Wildman–Crippen LogP) is 2.25. The van der Waals surface area contributed by atoms with Crippen molar-refractivity contribution in [1.29, 1.82) is 0 Å². The van der Waals surface area contributed by atoms with Crippen molar-refractivity contribution in [3.8, 4) is 0 Å². The van der Waals surface area contributed by atoms with Crippen LogP contribution in [0.4, 0.5) is 0 Å². The molecule has 0 amide bonds. The topological polar surface area (TPSA) is 35.5 Å². The Morgan fingerprint density at radius 3 is 2.78 bits per heavy atom. The van der Waals surface area contributed by atoms with Crippen LogP contribution in [0.5, 0.6) is 0 Å². The number of carbonyl (C=O) groups excluding carboxylic acids is 1. The zero-order chi connectivity index (χ0) is 12.9. The number of hydrogen-bond acceptors (Lipinski definition) is 3. The van der Waals surface area contributed by atoms with Crippen molar-refractivity contribution in [2.24, 2.45) is 17.3 Å². The second kappa shape index (κ2) is 3.82. The van der Waals surface area contributed by atoms with E-state index in [-0.39, 0.29) is 23.2 Å². The summed E-state index contributed by atoms with van der Waals surface area (Å²) in [5.41, 5.74) is 0.574. The minimum atomic E-state index is -0.260. The van der Waals surface area contributed by atoms with Crippen molar-refractivity contribution in [3.63, 3.8) is 0 Å². The van der Waals surface area contributed by atoms with E-state index in [1.165, 1.54) is 0 Å². The first-order valence-electron chi connectivity index (χ1n) is 6.35. The van der Waals surface area contributed by atoms with Crippen molar-refractivity contribution < 1.29 is 14.3 Å². The normalized spacial score (nSPS) is 40.3. The van der Waals surface area contributed by atoms with E-state index < -0.39 is 0 Å². The monoisotopic (exact) mass is 246 g/mol. The average molecular weight is 246 g/mol. The Bertz CT molecular complexity index is 486. The Balaban J connectivity index is 2.20. The van der Waals surface area contributed by atoms with Crippen LogP contribution in [0, 0.1) is 17.3 Å². The van der Waals surface area contributed by atoms with Crippen LogP contribution in [-0.2, 0) is 14.3 Å². The van der Waals surface area contributed by atoms with E-state index in [1.54, 1.807) is 21.1 Å². The molecule has 0 heterocycles. The van der Waals surface area contributed by atoms with Crippen LogP contribution >= 0.6 is 0 Å². The van der Waals surface area contributed by atoms with Gasteiger partial charge in [-0.2, -0.15) is 0 Å². The van der Waals surface area contributed by atoms with Crippen molar-refractivity contribution in [2.75, 3.05) is 14.2 Å². The standard InChI is InChI=1S/C15H18O3/c1-9(16)12-11-8-10-6-4-5-7-15(10,13(11)17-2)14(12)18-3/h4-7,10-11,13H,8H2,1-3H3. The molecule has 3 aliphatic rings. The molecule has 0 aliphatic heterocycles. The maximum absolute atomic E-state index is 11.9. The van der Waals surface area contributed by atoms with Gasteiger partial charge in [0, 0.05) is 18.6 Å². The number of rotatable bonds is 3. The quantitative estimate of drug-likeness (QED) is 0.766. The fourth-order valence-electron chi connectivity index (χ4n) is 4.12. The number of Topliss-reactive ketones (excluding diaryl/α,β-unsaturated/α-hetero) is 1. The summed E-state index contributed by atoms with van der Waals surface area (Å²) in [6, 6.07) is 0. The molecule has 3 rings (SSSR count). The zero-order valence-corrected chi connectivity index (χ0v) is 11.0. The first-order valence-corrected chi connectivity index (χ1v) is 6.35. The van der Waals surface area contributed by atoms with E-state index in [9.17, 15) is 4.79 Å². The Labute approximate surface area is 107 Å². The zero-order valence-electron chi connectivity index (χ0n) is 11.0. The first-order chi connectivity index (χ1) is 8.66. The van der Waals surface area contributed by atoms with Gasteiger partial charge in [0.1, 0.15) is 5.76 Å². The third kappa shape index (κ3) is 1.15. The van der Waals surface area contributed by atoms with E-state index in [4.69, 9.17) is 9.47 Å². The van der Waals surface area contributed by atoms with E-state index >= 15 is 0 Å². The van der Waals surface area contributed by atoms with Crippen molar-refractivity contribution in [3.05, 3.63) is 35.6 Å². The molecule has 0 aromatic carbocycles. The smallest absolute Gasteiger partial charge is 0.159 e. The number of ketones is 1. The maximum Gasteiger partial charge on any atom is 0.159 e. The molecule has 0 N–H and O–H groups in total. The van der Waals surface area contributed by atoms with Crippen LogP contribution in [0.25, 0.3) is 0 Å². The highest BCUT2D eigenvalue weighted by Crippen LogP contribution is 2.63. The summed E-state index contributed by atoms with van der Waals surface area (Å²) < 4.78 is 11.3. The van der Waals surface area contributed by atoms with Crippen LogP contribution in [0.1, 0.15) is 13.3 Å². The molecule has 4 atom stereocenters. The minimum Gasteiger partial charge on any atom is -0.500 e. The number of hydrogen-bond donors (Lipinski definition) is 0. The highest BCUT2D eigenvalue weighted by molar-refractivity contribution is 5.96. The van der Waals surface area contributed by atoms with Gasteiger partial charge in [-0.15, -0.1) is 0 Å². The van der Waals surface area contributed by atoms with Crippen molar-refractivity contribution in [2.45, 2.75) is 19.4 Å². The number of ether oxygens (including phenoxy) is 2. The third-order valence-corrected chi connectivity index (χ3v) is 4.63. The lowest BCUT2D eigenvalue weighted by molar-refractivity contribution is -0.114. The summed E-state index contributed by atoms with van der Waals surface area (Å²) in [6.07, 6.45) is 9.47. The van der Waals surface area contributed by atoms with Gasteiger partial charge in [0.25, 0.3) is 0 Å². The van der Waals surface area contributed by atoms with Gasteiger partial charge in [0.15, 0.2) is 5.78 Å². The van der Waals surface area contributed by atoms with Gasteiger partial charge in [-0.25, -0.2) is 0 Å². The van der Waals surface area contributed by atoms with Crippen LogP contribution in [0.2, 0.25) is 0 Å². The lowest BCUT2D eigenvalue weighted by atomic mass is 9.72. The Kier molecular flexibility index (Phi) is 2.49.